The lowest BCUT2D eigenvalue weighted by Gasteiger charge is -2.11. The molecule has 1 aliphatic rings. The number of hydrogen-bond acceptors (Lipinski definition) is 3. The Bertz CT molecular complexity index is 476. The van der Waals surface area contributed by atoms with Crippen LogP contribution in [0.4, 0.5) is 0 Å². The van der Waals surface area contributed by atoms with Gasteiger partial charge in [-0.05, 0) is 37.8 Å². The molecule has 0 radical (unpaired) electrons. The highest BCUT2D eigenvalue weighted by Crippen LogP contribution is 2.29. The van der Waals surface area contributed by atoms with E-state index in [0.717, 1.165) is 18.1 Å². The highest BCUT2D eigenvalue weighted by molar-refractivity contribution is 14.0. The van der Waals surface area contributed by atoms with Gasteiger partial charge in [0.25, 0.3) is 0 Å². The van der Waals surface area contributed by atoms with Crippen LogP contribution in [0.2, 0.25) is 0 Å². The minimum atomic E-state index is 0. The van der Waals surface area contributed by atoms with Gasteiger partial charge in [0, 0.05) is 19.1 Å². The Balaban J connectivity index is 0.00000220. The van der Waals surface area contributed by atoms with Crippen molar-refractivity contribution < 1.29 is 9.84 Å². The summed E-state index contributed by atoms with van der Waals surface area (Å²) in [5.41, 5.74) is 0.857. The van der Waals surface area contributed by atoms with E-state index in [2.05, 4.69) is 22.5 Å². The maximum atomic E-state index is 10.0. The highest BCUT2D eigenvalue weighted by atomic mass is 127. The topological polar surface area (TPSA) is 65.9 Å². The predicted octanol–water partition coefficient (Wildman–Crippen LogP) is 2.28. The molecule has 0 atom stereocenters. The van der Waals surface area contributed by atoms with Crippen LogP contribution in [0.25, 0.3) is 0 Å². The number of ether oxygens (including phenoxy) is 1. The van der Waals surface area contributed by atoms with Crippen molar-refractivity contribution in [3.05, 3.63) is 23.8 Å². The van der Waals surface area contributed by atoms with Crippen molar-refractivity contribution in [1.82, 2.24) is 10.6 Å². The molecule has 118 valence electrons. The number of nitrogens with zero attached hydrogens (tertiary/aromatic N) is 1. The second kappa shape index (κ2) is 8.96. The molecule has 0 aromatic heterocycles. The van der Waals surface area contributed by atoms with E-state index < -0.39 is 0 Å². The zero-order valence-corrected chi connectivity index (χ0v) is 14.9. The minimum Gasteiger partial charge on any atom is -0.504 e. The maximum Gasteiger partial charge on any atom is 0.191 e. The molecule has 0 saturated heterocycles. The third-order valence-electron chi connectivity index (χ3n) is 3.22. The summed E-state index contributed by atoms with van der Waals surface area (Å²) in [5, 5.41) is 16.6. The molecule has 2 rings (SSSR count). The number of aromatic hydroxyl groups is 1. The van der Waals surface area contributed by atoms with E-state index in [4.69, 9.17) is 4.74 Å². The summed E-state index contributed by atoms with van der Waals surface area (Å²) in [5.74, 6) is 1.58. The maximum absolute atomic E-state index is 10.0. The molecular formula is C15H24IN3O2. The molecule has 1 aromatic carbocycles. The first-order valence-electron chi connectivity index (χ1n) is 7.14. The van der Waals surface area contributed by atoms with E-state index in [9.17, 15) is 5.11 Å². The van der Waals surface area contributed by atoms with Gasteiger partial charge in [-0.1, -0.05) is 12.1 Å². The number of phenolic OH excluding ortho intramolecular Hbond substituents is 1. The van der Waals surface area contributed by atoms with Crippen LogP contribution >= 0.6 is 24.0 Å². The molecule has 0 heterocycles. The smallest absolute Gasteiger partial charge is 0.191 e. The largest absolute Gasteiger partial charge is 0.504 e. The van der Waals surface area contributed by atoms with E-state index in [-0.39, 0.29) is 29.7 Å². The van der Waals surface area contributed by atoms with Crippen LogP contribution in [0.15, 0.2) is 23.2 Å². The van der Waals surface area contributed by atoms with E-state index in [1.165, 1.54) is 12.8 Å². The lowest BCUT2D eigenvalue weighted by atomic mass is 10.1. The lowest BCUT2D eigenvalue weighted by molar-refractivity contribution is 0.370. The van der Waals surface area contributed by atoms with Gasteiger partial charge in [0.1, 0.15) is 0 Å². The normalized spacial score (nSPS) is 14.3. The van der Waals surface area contributed by atoms with Gasteiger partial charge in [-0.15, -0.1) is 24.0 Å². The van der Waals surface area contributed by atoms with Crippen molar-refractivity contribution in [2.24, 2.45) is 4.99 Å². The molecule has 1 aliphatic carbocycles. The Morgan fingerprint density at radius 1 is 1.43 bits per heavy atom. The van der Waals surface area contributed by atoms with Gasteiger partial charge in [0.05, 0.1) is 7.11 Å². The molecule has 0 unspecified atom stereocenters. The summed E-state index contributed by atoms with van der Waals surface area (Å²) in [6.45, 7) is 3.53. The van der Waals surface area contributed by atoms with Gasteiger partial charge < -0.3 is 20.5 Å². The Morgan fingerprint density at radius 3 is 2.81 bits per heavy atom. The third-order valence-corrected chi connectivity index (χ3v) is 3.22. The number of para-hydroxylation sites is 1. The second-order valence-corrected chi connectivity index (χ2v) is 4.90. The van der Waals surface area contributed by atoms with Crippen LogP contribution in [-0.4, -0.2) is 37.3 Å². The molecular weight excluding hydrogens is 381 g/mol. The van der Waals surface area contributed by atoms with Crippen molar-refractivity contribution in [3.8, 4) is 11.5 Å². The summed E-state index contributed by atoms with van der Waals surface area (Å²) >= 11 is 0. The van der Waals surface area contributed by atoms with E-state index in [1.54, 1.807) is 13.2 Å². The summed E-state index contributed by atoms with van der Waals surface area (Å²) in [6.07, 6.45) is 3.13. The van der Waals surface area contributed by atoms with Gasteiger partial charge in [0.2, 0.25) is 0 Å². The average Bonchev–Trinajstić information content (AvgIpc) is 3.25. The number of benzene rings is 1. The summed E-state index contributed by atoms with van der Waals surface area (Å²) < 4.78 is 5.10. The first kappa shape index (κ1) is 17.9. The van der Waals surface area contributed by atoms with Gasteiger partial charge in [-0.25, -0.2) is 0 Å². The van der Waals surface area contributed by atoms with Crippen molar-refractivity contribution >= 4 is 29.9 Å². The summed E-state index contributed by atoms with van der Waals surface area (Å²) in [4.78, 5) is 4.53. The highest BCUT2D eigenvalue weighted by Gasteiger charge is 2.22. The Labute approximate surface area is 143 Å². The molecule has 0 spiro atoms. The Kier molecular flexibility index (Phi) is 7.63. The fourth-order valence-corrected chi connectivity index (χ4v) is 1.96. The molecule has 5 nitrogen and oxygen atoms in total. The number of aliphatic imine (C=N–C) groups is 1. The van der Waals surface area contributed by atoms with Crippen LogP contribution in [0, 0.1) is 0 Å². The summed E-state index contributed by atoms with van der Waals surface area (Å²) in [7, 11) is 1.56. The predicted molar refractivity (Wildman–Crippen MR) is 95.9 cm³/mol. The van der Waals surface area contributed by atoms with E-state index in [0.29, 0.717) is 24.8 Å². The molecule has 3 N–H and O–H groups in total. The number of rotatable bonds is 6. The van der Waals surface area contributed by atoms with Crippen LogP contribution in [0.1, 0.15) is 25.3 Å². The van der Waals surface area contributed by atoms with E-state index >= 15 is 0 Å². The first-order valence-corrected chi connectivity index (χ1v) is 7.14. The quantitative estimate of drug-likeness (QED) is 0.386. The zero-order chi connectivity index (χ0) is 14.4. The minimum absolute atomic E-state index is 0. The molecule has 1 aromatic rings. The van der Waals surface area contributed by atoms with Gasteiger partial charge >= 0.3 is 0 Å². The van der Waals surface area contributed by atoms with Crippen molar-refractivity contribution in [3.63, 3.8) is 0 Å². The van der Waals surface area contributed by atoms with Crippen molar-refractivity contribution in [1.29, 1.82) is 0 Å². The van der Waals surface area contributed by atoms with Crippen molar-refractivity contribution in [2.75, 3.05) is 20.2 Å². The second-order valence-electron chi connectivity index (χ2n) is 4.90. The molecule has 0 amide bonds. The van der Waals surface area contributed by atoms with Crippen molar-refractivity contribution in [2.45, 2.75) is 32.2 Å². The standard InChI is InChI=1S/C15H23N3O2.HI/c1-3-16-15(18-12-7-8-12)17-10-9-11-5-4-6-13(20-2)14(11)19;/h4-6,12,19H,3,7-10H2,1-2H3,(H2,16,17,18);1H. The fraction of sp³-hybridized carbons (Fsp3) is 0.533. The number of hydrogen-bond donors (Lipinski definition) is 3. The monoisotopic (exact) mass is 405 g/mol. The zero-order valence-electron chi connectivity index (χ0n) is 12.6. The summed E-state index contributed by atoms with van der Waals surface area (Å²) in [6, 6.07) is 6.11. The van der Waals surface area contributed by atoms with Crippen LogP contribution in [0.5, 0.6) is 11.5 Å². The molecule has 21 heavy (non-hydrogen) atoms. The molecule has 1 fully saturated rings. The van der Waals surface area contributed by atoms with Crippen LogP contribution in [-0.2, 0) is 6.42 Å². The SMILES string of the molecule is CCNC(=NCCc1cccc(OC)c1O)NC1CC1.I. The average molecular weight is 405 g/mol. The fourth-order valence-electron chi connectivity index (χ4n) is 1.96. The van der Waals surface area contributed by atoms with Gasteiger partial charge in [0.15, 0.2) is 17.5 Å². The third kappa shape index (κ3) is 5.61. The van der Waals surface area contributed by atoms with Crippen LogP contribution < -0.4 is 15.4 Å². The van der Waals surface area contributed by atoms with Gasteiger partial charge in [-0.3, -0.25) is 4.99 Å². The van der Waals surface area contributed by atoms with Gasteiger partial charge in [-0.2, -0.15) is 0 Å². The lowest BCUT2D eigenvalue weighted by Crippen LogP contribution is -2.38. The number of methoxy groups -OCH3 is 1. The number of guanidine groups is 1. The number of phenols is 1. The molecule has 0 bridgehead atoms. The van der Waals surface area contributed by atoms with Crippen LogP contribution in [0.3, 0.4) is 0 Å². The molecule has 1 saturated carbocycles. The molecule has 0 aliphatic heterocycles. The first-order chi connectivity index (χ1) is 9.74. The Hall–Kier alpha value is -1.18. The Morgan fingerprint density at radius 2 is 2.19 bits per heavy atom. The van der Waals surface area contributed by atoms with E-state index in [1.807, 2.05) is 12.1 Å². The number of halogens is 1. The molecule has 6 heteroatoms. The number of nitrogens with one attached hydrogen (secondary N) is 2.